The molecule has 6 aromatic rings. The Morgan fingerprint density at radius 3 is 2.40 bits per heavy atom. The second kappa shape index (κ2) is 13.4. The number of aromatic nitrogens is 5. The molecule has 0 atom stereocenters. The van der Waals surface area contributed by atoms with Crippen molar-refractivity contribution in [2.24, 2.45) is 5.41 Å². The topological polar surface area (TPSA) is 104 Å². The Labute approximate surface area is 285 Å². The molecule has 9 nitrogen and oxygen atoms in total. The van der Waals surface area contributed by atoms with Gasteiger partial charge in [0.15, 0.2) is 0 Å². The molecule has 0 bridgehead atoms. The highest BCUT2D eigenvalue weighted by Gasteiger charge is 2.33. The number of benzene rings is 2. The van der Waals surface area contributed by atoms with Crippen molar-refractivity contribution >= 4 is 34.3 Å². The molecule has 2 aromatic carbocycles. The Balaban J connectivity index is 1.37. The Morgan fingerprint density at radius 2 is 1.73 bits per heavy atom. The molecule has 1 N–H and O–H groups in total. The van der Waals surface area contributed by atoms with Crippen molar-refractivity contribution in [3.05, 3.63) is 103 Å². The van der Waals surface area contributed by atoms with Gasteiger partial charge in [0.05, 0.1) is 17.7 Å². The highest BCUT2D eigenvalue weighted by atomic mass is 32.2. The molecule has 48 heavy (non-hydrogen) atoms. The second-order valence-corrected chi connectivity index (χ2v) is 15.3. The summed E-state index contributed by atoms with van der Waals surface area (Å²) in [4.78, 5) is 26.7. The lowest BCUT2D eigenvalue weighted by Crippen LogP contribution is -2.28. The van der Waals surface area contributed by atoms with Crippen LogP contribution in [-0.4, -0.2) is 46.3 Å². The van der Waals surface area contributed by atoms with Crippen LogP contribution >= 0.6 is 11.8 Å². The fourth-order valence-electron chi connectivity index (χ4n) is 5.61. The molecule has 0 fully saturated rings. The first-order chi connectivity index (χ1) is 22.9. The molecule has 10 heteroatoms. The van der Waals surface area contributed by atoms with Gasteiger partial charge in [-0.1, -0.05) is 45.0 Å². The zero-order chi connectivity index (χ0) is 34.1. The number of pyridine rings is 1. The lowest BCUT2D eigenvalue weighted by molar-refractivity contribution is -0.146. The number of fused-ring (bicyclic) bond motifs is 2. The zero-order valence-corrected chi connectivity index (χ0v) is 29.0. The van der Waals surface area contributed by atoms with Gasteiger partial charge < -0.3 is 19.1 Å². The van der Waals surface area contributed by atoms with Gasteiger partial charge in [-0.25, -0.2) is 15.0 Å². The van der Waals surface area contributed by atoms with Gasteiger partial charge in [-0.15, -0.1) is 11.8 Å². The van der Waals surface area contributed by atoms with Gasteiger partial charge in [0.1, 0.15) is 24.3 Å². The van der Waals surface area contributed by atoms with Crippen molar-refractivity contribution in [1.29, 1.82) is 0 Å². The van der Waals surface area contributed by atoms with Crippen molar-refractivity contribution in [2.75, 3.05) is 6.61 Å². The molecule has 4 aromatic heterocycles. The van der Waals surface area contributed by atoms with Crippen LogP contribution < -0.4 is 9.47 Å². The molecule has 0 aliphatic rings. The van der Waals surface area contributed by atoms with E-state index in [4.69, 9.17) is 9.47 Å². The van der Waals surface area contributed by atoms with Crippen LogP contribution in [0.2, 0.25) is 0 Å². The Bertz CT molecular complexity index is 2030. The molecule has 0 saturated carbocycles. The molecule has 0 amide bonds. The van der Waals surface area contributed by atoms with Crippen LogP contribution in [0.25, 0.3) is 27.7 Å². The van der Waals surface area contributed by atoms with Gasteiger partial charge in [0.2, 0.25) is 5.88 Å². The third kappa shape index (κ3) is 7.33. The molecule has 0 aliphatic heterocycles. The standard InChI is InChI=1S/C38H41N5O4S/c1-7-46-34-15-12-27(20-40-34)26-10-8-25(9-11-26)21-43-31-14-13-29(47-23-28-22-42-24-39-17-16-33(42)41-28)18-30(31)35(48-37(2,3)4)32(43)19-38(5,6)36(44)45/h8-18,20,22,24H,7,19,21,23H2,1-6H3,(H,44,45). The van der Waals surface area contributed by atoms with Crippen LogP contribution in [0.15, 0.2) is 90.5 Å². The Kier molecular flexibility index (Phi) is 9.20. The van der Waals surface area contributed by atoms with Crippen LogP contribution in [0.1, 0.15) is 58.5 Å². The van der Waals surface area contributed by atoms with Gasteiger partial charge in [0.25, 0.3) is 0 Å². The smallest absolute Gasteiger partial charge is 0.309 e. The summed E-state index contributed by atoms with van der Waals surface area (Å²) in [5.41, 5.74) is 5.86. The number of imidazole rings is 1. The SMILES string of the molecule is CCOc1ccc(-c2ccc(Cn3c(CC(C)(C)C(=O)O)c(SC(C)(C)C)c4cc(OCc5cn6cnccc6n5)ccc43)cc2)cn1. The summed E-state index contributed by atoms with van der Waals surface area (Å²) in [6.45, 7) is 13.5. The van der Waals surface area contributed by atoms with Crippen molar-refractivity contribution in [1.82, 2.24) is 23.9 Å². The van der Waals surface area contributed by atoms with Gasteiger partial charge in [0, 0.05) is 69.4 Å². The van der Waals surface area contributed by atoms with E-state index in [0.29, 0.717) is 32.1 Å². The number of thioether (sulfide) groups is 1. The van der Waals surface area contributed by atoms with Crippen LogP contribution in [0.4, 0.5) is 0 Å². The number of ether oxygens (including phenoxy) is 2. The number of hydrogen-bond donors (Lipinski definition) is 1. The van der Waals surface area contributed by atoms with E-state index in [1.54, 1.807) is 38.1 Å². The fraction of sp³-hybridized carbons (Fsp3) is 0.316. The summed E-state index contributed by atoms with van der Waals surface area (Å²) in [5, 5.41) is 11.2. The summed E-state index contributed by atoms with van der Waals surface area (Å²) in [6, 6.07) is 20.4. The van der Waals surface area contributed by atoms with Crippen molar-refractivity contribution in [3.8, 4) is 22.8 Å². The van der Waals surface area contributed by atoms with E-state index in [9.17, 15) is 9.90 Å². The normalized spacial score (nSPS) is 12.1. The zero-order valence-electron chi connectivity index (χ0n) is 28.2. The maximum Gasteiger partial charge on any atom is 0.309 e. The van der Waals surface area contributed by atoms with Crippen LogP contribution in [0.5, 0.6) is 11.6 Å². The molecule has 6 rings (SSSR count). The van der Waals surface area contributed by atoms with E-state index in [-0.39, 0.29) is 4.75 Å². The number of hydrogen-bond acceptors (Lipinski definition) is 7. The molecule has 0 radical (unpaired) electrons. The van der Waals surface area contributed by atoms with E-state index in [0.717, 1.165) is 55.3 Å². The van der Waals surface area contributed by atoms with E-state index < -0.39 is 11.4 Å². The number of aliphatic carboxylic acids is 1. The monoisotopic (exact) mass is 663 g/mol. The van der Waals surface area contributed by atoms with Gasteiger partial charge in [-0.05, 0) is 62.2 Å². The fourth-order valence-corrected chi connectivity index (χ4v) is 6.79. The molecular formula is C38H41N5O4S. The third-order valence-corrected chi connectivity index (χ3v) is 9.31. The van der Waals surface area contributed by atoms with E-state index >= 15 is 0 Å². The summed E-state index contributed by atoms with van der Waals surface area (Å²) in [5.74, 6) is 0.508. The first-order valence-corrected chi connectivity index (χ1v) is 16.9. The number of nitrogens with zero attached hydrogens (tertiary/aromatic N) is 5. The largest absolute Gasteiger partial charge is 0.487 e. The van der Waals surface area contributed by atoms with Gasteiger partial charge in [-0.2, -0.15) is 0 Å². The Morgan fingerprint density at radius 1 is 0.958 bits per heavy atom. The second-order valence-electron chi connectivity index (χ2n) is 13.5. The molecule has 0 spiro atoms. The summed E-state index contributed by atoms with van der Waals surface area (Å²) in [6.07, 6.45) is 7.56. The van der Waals surface area contributed by atoms with Crippen molar-refractivity contribution in [2.45, 2.75) is 70.8 Å². The van der Waals surface area contributed by atoms with E-state index in [2.05, 4.69) is 76.7 Å². The molecular weight excluding hydrogens is 623 g/mol. The summed E-state index contributed by atoms with van der Waals surface area (Å²) < 4.78 is 15.8. The summed E-state index contributed by atoms with van der Waals surface area (Å²) in [7, 11) is 0. The minimum Gasteiger partial charge on any atom is -0.487 e. The van der Waals surface area contributed by atoms with Crippen LogP contribution in [0.3, 0.4) is 0 Å². The lowest BCUT2D eigenvalue weighted by Gasteiger charge is -2.24. The average Bonchev–Trinajstić information content (AvgIpc) is 3.58. The number of carboxylic acid groups (broad SMARTS) is 1. The predicted molar refractivity (Wildman–Crippen MR) is 190 cm³/mol. The maximum atomic E-state index is 12.4. The maximum absolute atomic E-state index is 12.4. The first kappa shape index (κ1) is 33.1. The quantitative estimate of drug-likeness (QED) is 0.130. The van der Waals surface area contributed by atoms with Crippen LogP contribution in [0, 0.1) is 5.41 Å². The average molecular weight is 664 g/mol. The van der Waals surface area contributed by atoms with Crippen LogP contribution in [-0.2, 0) is 24.4 Å². The minimum absolute atomic E-state index is 0.115. The highest BCUT2D eigenvalue weighted by Crippen LogP contribution is 2.44. The number of carbonyl (C=O) groups is 1. The highest BCUT2D eigenvalue weighted by molar-refractivity contribution is 8.00. The number of rotatable bonds is 12. The molecule has 248 valence electrons. The van der Waals surface area contributed by atoms with E-state index in [1.165, 1.54) is 0 Å². The minimum atomic E-state index is -0.971. The third-order valence-electron chi connectivity index (χ3n) is 8.04. The van der Waals surface area contributed by atoms with Gasteiger partial charge >= 0.3 is 5.97 Å². The molecule has 0 saturated heterocycles. The number of carboxylic acids is 1. The lowest BCUT2D eigenvalue weighted by atomic mass is 9.88. The van der Waals surface area contributed by atoms with Crippen molar-refractivity contribution in [3.63, 3.8) is 0 Å². The van der Waals surface area contributed by atoms with Gasteiger partial charge in [-0.3, -0.25) is 9.20 Å². The summed E-state index contributed by atoms with van der Waals surface area (Å²) >= 11 is 1.76. The predicted octanol–water partition coefficient (Wildman–Crippen LogP) is 8.32. The molecule has 4 heterocycles. The molecule has 0 unspecified atom stereocenters. The van der Waals surface area contributed by atoms with Crippen molar-refractivity contribution < 1.29 is 19.4 Å². The molecule has 0 aliphatic carbocycles. The Hall–Kier alpha value is -4.83. The van der Waals surface area contributed by atoms with E-state index in [1.807, 2.05) is 48.0 Å². The first-order valence-electron chi connectivity index (χ1n) is 16.1.